The highest BCUT2D eigenvalue weighted by Gasteiger charge is 2.18. The number of hydrogen-bond donors (Lipinski definition) is 0. The van der Waals surface area contributed by atoms with Crippen molar-refractivity contribution in [3.63, 3.8) is 0 Å². The van der Waals surface area contributed by atoms with E-state index in [9.17, 15) is 0 Å². The molecule has 0 saturated carbocycles. The number of fused-ring (bicyclic) bond motifs is 6. The van der Waals surface area contributed by atoms with Crippen LogP contribution < -0.4 is 0 Å². The lowest BCUT2D eigenvalue weighted by atomic mass is 10.0. The summed E-state index contributed by atoms with van der Waals surface area (Å²) in [5.41, 5.74) is 7.68. The maximum absolute atomic E-state index is 6.27. The Morgan fingerprint density at radius 2 is 1.09 bits per heavy atom. The first-order valence-electron chi connectivity index (χ1n) is 14.5. The van der Waals surface area contributed by atoms with Crippen LogP contribution in [-0.2, 0) is 0 Å². The zero-order valence-electron chi connectivity index (χ0n) is 23.4. The number of benzene rings is 5. The van der Waals surface area contributed by atoms with Gasteiger partial charge >= 0.3 is 0 Å². The zero-order valence-corrected chi connectivity index (χ0v) is 23.4. The van der Waals surface area contributed by atoms with E-state index in [4.69, 9.17) is 19.4 Å². The molecule has 0 N–H and O–H groups in total. The van der Waals surface area contributed by atoms with Gasteiger partial charge in [-0.1, -0.05) is 109 Å². The second-order valence-corrected chi connectivity index (χ2v) is 10.8. The predicted molar refractivity (Wildman–Crippen MR) is 176 cm³/mol. The fourth-order valence-corrected chi connectivity index (χ4v) is 6.12. The van der Waals surface area contributed by atoms with Gasteiger partial charge in [-0.25, -0.2) is 4.98 Å². The minimum atomic E-state index is 0.580. The van der Waals surface area contributed by atoms with E-state index < -0.39 is 0 Å². The molecule has 0 bridgehead atoms. The fourth-order valence-electron chi connectivity index (χ4n) is 6.12. The van der Waals surface area contributed by atoms with Crippen molar-refractivity contribution >= 4 is 43.7 Å². The summed E-state index contributed by atoms with van der Waals surface area (Å²) >= 11 is 0. The highest BCUT2D eigenvalue weighted by atomic mass is 16.3. The average Bonchev–Trinajstić information content (AvgIpc) is 3.65. The van der Waals surface area contributed by atoms with Gasteiger partial charge in [0.05, 0.1) is 11.0 Å². The molecule has 0 radical (unpaired) electrons. The summed E-state index contributed by atoms with van der Waals surface area (Å²) in [5.74, 6) is 1.81. The minimum Gasteiger partial charge on any atom is -0.455 e. The topological polar surface area (TPSA) is 69.6 Å². The summed E-state index contributed by atoms with van der Waals surface area (Å²) in [6.07, 6.45) is 3.61. The number of aromatic nitrogens is 5. The van der Waals surface area contributed by atoms with Gasteiger partial charge in [0.15, 0.2) is 11.6 Å². The lowest BCUT2D eigenvalue weighted by Gasteiger charge is -2.11. The average molecular weight is 566 g/mol. The van der Waals surface area contributed by atoms with E-state index in [0.717, 1.165) is 66.0 Å². The summed E-state index contributed by atoms with van der Waals surface area (Å²) in [4.78, 5) is 19.3. The van der Waals surface area contributed by atoms with E-state index in [2.05, 4.69) is 101 Å². The molecular weight excluding hydrogens is 542 g/mol. The van der Waals surface area contributed by atoms with Gasteiger partial charge in [0.2, 0.25) is 5.95 Å². The third-order valence-electron chi connectivity index (χ3n) is 8.19. The van der Waals surface area contributed by atoms with E-state index in [1.54, 1.807) is 6.20 Å². The van der Waals surface area contributed by atoms with Crippen LogP contribution in [0.2, 0.25) is 0 Å². The fraction of sp³-hybridized carbons (Fsp3) is 0. The Bertz CT molecular complexity index is 2440. The van der Waals surface area contributed by atoms with Crippen molar-refractivity contribution in [3.05, 3.63) is 140 Å². The van der Waals surface area contributed by atoms with Crippen LogP contribution in [-0.4, -0.2) is 24.5 Å². The first kappa shape index (κ1) is 24.5. The predicted octanol–water partition coefficient (Wildman–Crippen LogP) is 9.26. The summed E-state index contributed by atoms with van der Waals surface area (Å²) in [6, 6.07) is 43.3. The summed E-state index contributed by atoms with van der Waals surface area (Å²) in [6.45, 7) is 0. The molecule has 0 amide bonds. The molecule has 9 rings (SSSR count). The van der Waals surface area contributed by atoms with Crippen LogP contribution in [0, 0.1) is 0 Å². The quantitative estimate of drug-likeness (QED) is 0.213. The lowest BCUT2D eigenvalue weighted by molar-refractivity contribution is 0.669. The Kier molecular flexibility index (Phi) is 5.40. The molecule has 0 atom stereocenters. The lowest BCUT2D eigenvalue weighted by Crippen LogP contribution is -2.06. The molecule has 4 aromatic heterocycles. The van der Waals surface area contributed by atoms with Crippen molar-refractivity contribution in [2.45, 2.75) is 0 Å². The van der Waals surface area contributed by atoms with Crippen LogP contribution in [0.3, 0.4) is 0 Å². The zero-order chi connectivity index (χ0) is 29.0. The highest BCUT2D eigenvalue weighted by Crippen LogP contribution is 2.36. The number of hydrogen-bond acceptors (Lipinski definition) is 5. The molecule has 0 saturated heterocycles. The van der Waals surface area contributed by atoms with Crippen molar-refractivity contribution in [2.24, 2.45) is 0 Å². The third kappa shape index (κ3) is 3.82. The van der Waals surface area contributed by atoms with Gasteiger partial charge in [-0.05, 0) is 23.8 Å². The molecule has 0 unspecified atom stereocenters. The van der Waals surface area contributed by atoms with Crippen molar-refractivity contribution in [3.8, 4) is 39.9 Å². The molecule has 5 aromatic carbocycles. The Labute approximate surface area is 251 Å². The molecule has 0 aliphatic heterocycles. The molecule has 206 valence electrons. The maximum atomic E-state index is 6.27. The molecule has 9 aromatic rings. The van der Waals surface area contributed by atoms with Crippen LogP contribution in [0.25, 0.3) is 83.6 Å². The van der Waals surface area contributed by atoms with E-state index in [1.165, 1.54) is 0 Å². The Balaban J connectivity index is 1.22. The highest BCUT2D eigenvalue weighted by molar-refractivity contribution is 6.10. The van der Waals surface area contributed by atoms with Crippen LogP contribution >= 0.6 is 0 Å². The van der Waals surface area contributed by atoms with Crippen LogP contribution in [0.1, 0.15) is 0 Å². The number of para-hydroxylation sites is 3. The molecule has 0 aliphatic rings. The number of furan rings is 1. The molecule has 4 heterocycles. The molecule has 0 fully saturated rings. The molecule has 6 heteroatoms. The first-order valence-corrected chi connectivity index (χ1v) is 14.5. The van der Waals surface area contributed by atoms with Gasteiger partial charge in [0.1, 0.15) is 11.2 Å². The standard InChI is InChI=1S/C38H23N5O/c1-2-9-25(10-3-1)36-40-37(42-38(41-36)43-32-15-6-4-11-28(32)29-12-5-7-16-33(29)43)26-19-17-24(18-20-26)27-13-8-14-30-31-23-39-22-21-34(31)44-35(27)30/h1-23H. The van der Waals surface area contributed by atoms with Gasteiger partial charge in [-0.15, -0.1) is 0 Å². The van der Waals surface area contributed by atoms with Crippen molar-refractivity contribution in [2.75, 3.05) is 0 Å². The van der Waals surface area contributed by atoms with E-state index in [0.29, 0.717) is 17.6 Å². The summed E-state index contributed by atoms with van der Waals surface area (Å²) in [5, 5.41) is 4.38. The van der Waals surface area contributed by atoms with Gasteiger partial charge in [0.25, 0.3) is 0 Å². The Hall–Kier alpha value is -6.14. The Morgan fingerprint density at radius 1 is 0.477 bits per heavy atom. The summed E-state index contributed by atoms with van der Waals surface area (Å²) in [7, 11) is 0. The molecule has 44 heavy (non-hydrogen) atoms. The normalized spacial score (nSPS) is 11.6. The third-order valence-corrected chi connectivity index (χ3v) is 8.19. The Morgan fingerprint density at radius 3 is 1.82 bits per heavy atom. The van der Waals surface area contributed by atoms with Crippen molar-refractivity contribution < 1.29 is 4.42 Å². The van der Waals surface area contributed by atoms with Gasteiger partial charge in [0, 0.05) is 50.6 Å². The van der Waals surface area contributed by atoms with E-state index >= 15 is 0 Å². The smallest absolute Gasteiger partial charge is 0.238 e. The molecule has 6 nitrogen and oxygen atoms in total. The van der Waals surface area contributed by atoms with Crippen LogP contribution in [0.4, 0.5) is 0 Å². The second kappa shape index (κ2) is 9.71. The van der Waals surface area contributed by atoms with E-state index in [-0.39, 0.29) is 0 Å². The SMILES string of the molecule is c1ccc(-c2nc(-c3ccc(-c4cccc5c4oc4ccncc45)cc3)nc(-n3c4ccccc4c4ccccc43)n2)cc1. The molecular formula is C38H23N5O. The molecule has 0 aliphatic carbocycles. The number of rotatable bonds is 4. The minimum absolute atomic E-state index is 0.580. The second-order valence-electron chi connectivity index (χ2n) is 10.8. The molecule has 0 spiro atoms. The summed E-state index contributed by atoms with van der Waals surface area (Å²) < 4.78 is 8.40. The van der Waals surface area contributed by atoms with Gasteiger partial charge < -0.3 is 4.42 Å². The van der Waals surface area contributed by atoms with Crippen molar-refractivity contribution in [1.29, 1.82) is 0 Å². The largest absolute Gasteiger partial charge is 0.455 e. The number of pyridine rings is 1. The van der Waals surface area contributed by atoms with Crippen LogP contribution in [0.15, 0.2) is 144 Å². The monoisotopic (exact) mass is 565 g/mol. The van der Waals surface area contributed by atoms with E-state index in [1.807, 2.05) is 42.6 Å². The van der Waals surface area contributed by atoms with Gasteiger partial charge in [-0.2, -0.15) is 9.97 Å². The van der Waals surface area contributed by atoms with Gasteiger partial charge in [-0.3, -0.25) is 9.55 Å². The van der Waals surface area contributed by atoms with Crippen molar-refractivity contribution in [1.82, 2.24) is 24.5 Å². The maximum Gasteiger partial charge on any atom is 0.238 e. The van der Waals surface area contributed by atoms with Crippen LogP contribution in [0.5, 0.6) is 0 Å². The number of nitrogens with zero attached hydrogens (tertiary/aromatic N) is 5. The first-order chi connectivity index (χ1) is 21.8.